The van der Waals surface area contributed by atoms with E-state index in [1.807, 2.05) is 0 Å². The van der Waals surface area contributed by atoms with Crippen molar-refractivity contribution in [3.63, 3.8) is 0 Å². The van der Waals surface area contributed by atoms with Crippen LogP contribution >= 0.6 is 11.6 Å². The van der Waals surface area contributed by atoms with Crippen LogP contribution in [0.3, 0.4) is 0 Å². The van der Waals surface area contributed by atoms with Crippen LogP contribution in [0, 0.1) is 0 Å². The molecule has 21 heavy (non-hydrogen) atoms. The lowest BCUT2D eigenvalue weighted by atomic mass is 10.2. The number of carbonyl (C=O) groups is 1. The summed E-state index contributed by atoms with van der Waals surface area (Å²) in [6.07, 6.45) is 0. The van der Waals surface area contributed by atoms with E-state index in [0.29, 0.717) is 5.56 Å². The van der Waals surface area contributed by atoms with Gasteiger partial charge in [0.05, 0.1) is 20.7 Å². The molecule has 0 spiro atoms. The Hall–Kier alpha value is -1.85. The van der Waals surface area contributed by atoms with Gasteiger partial charge in [-0.25, -0.2) is 13.2 Å². The molecular formula is C15H13ClO4S. The third-order valence-electron chi connectivity index (χ3n) is 3.23. The summed E-state index contributed by atoms with van der Waals surface area (Å²) in [5, 5.41) is 8.26. The van der Waals surface area contributed by atoms with Gasteiger partial charge in [0.15, 0.2) is 9.84 Å². The van der Waals surface area contributed by atoms with Crippen molar-refractivity contribution in [1.82, 2.24) is 0 Å². The van der Waals surface area contributed by atoms with Gasteiger partial charge in [-0.15, -0.1) is 0 Å². The second kappa shape index (κ2) is 5.87. The zero-order chi connectivity index (χ0) is 15.6. The van der Waals surface area contributed by atoms with Crippen LogP contribution in [0.15, 0.2) is 53.4 Å². The number of carboxylic acid groups (broad SMARTS) is 1. The highest BCUT2D eigenvalue weighted by Gasteiger charge is 2.26. The predicted octanol–water partition coefficient (Wildman–Crippen LogP) is 3.57. The van der Waals surface area contributed by atoms with Gasteiger partial charge in [-0.3, -0.25) is 0 Å². The van der Waals surface area contributed by atoms with Crippen molar-refractivity contribution < 1.29 is 18.3 Å². The van der Waals surface area contributed by atoms with Crippen LogP contribution in [-0.4, -0.2) is 19.5 Å². The molecule has 4 nitrogen and oxygen atoms in total. The highest BCUT2D eigenvalue weighted by Crippen LogP contribution is 2.30. The molecule has 6 heteroatoms. The normalized spacial score (nSPS) is 12.9. The van der Waals surface area contributed by atoms with E-state index >= 15 is 0 Å². The molecule has 1 unspecified atom stereocenters. The fraction of sp³-hybridized carbons (Fsp3) is 0.133. The van der Waals surface area contributed by atoms with Crippen molar-refractivity contribution in [2.75, 3.05) is 0 Å². The minimum absolute atomic E-state index is 0.00816. The molecule has 0 aliphatic rings. The third kappa shape index (κ3) is 3.09. The first-order valence-corrected chi connectivity index (χ1v) is 8.08. The van der Waals surface area contributed by atoms with E-state index in [-0.39, 0.29) is 15.5 Å². The molecule has 0 saturated heterocycles. The molecule has 110 valence electrons. The molecule has 0 heterocycles. The Morgan fingerprint density at radius 1 is 1.14 bits per heavy atom. The van der Waals surface area contributed by atoms with Crippen molar-refractivity contribution in [2.24, 2.45) is 0 Å². The van der Waals surface area contributed by atoms with Gasteiger partial charge >= 0.3 is 5.97 Å². The number of rotatable bonds is 4. The first-order chi connectivity index (χ1) is 9.84. The lowest BCUT2D eigenvalue weighted by Crippen LogP contribution is -2.12. The van der Waals surface area contributed by atoms with Gasteiger partial charge in [-0.05, 0) is 30.7 Å². The first kappa shape index (κ1) is 15.5. The smallest absolute Gasteiger partial charge is 0.337 e. The van der Waals surface area contributed by atoms with Crippen LogP contribution in [0.25, 0.3) is 0 Å². The maximum absolute atomic E-state index is 12.6. The van der Waals surface area contributed by atoms with Gasteiger partial charge in [0.1, 0.15) is 0 Å². The lowest BCUT2D eigenvalue weighted by Gasteiger charge is -2.14. The maximum Gasteiger partial charge on any atom is 0.337 e. The summed E-state index contributed by atoms with van der Waals surface area (Å²) in [5.74, 6) is -1.26. The van der Waals surface area contributed by atoms with Crippen molar-refractivity contribution in [3.05, 3.63) is 64.7 Å². The van der Waals surface area contributed by atoms with Gasteiger partial charge in [0.25, 0.3) is 0 Å². The average Bonchev–Trinajstić information content (AvgIpc) is 2.47. The number of halogens is 1. The van der Waals surface area contributed by atoms with Gasteiger partial charge in [-0.1, -0.05) is 41.9 Å². The molecule has 0 saturated carbocycles. The summed E-state index contributed by atoms with van der Waals surface area (Å²) in [5.41, 5.74) is 0.419. The zero-order valence-electron chi connectivity index (χ0n) is 11.2. The quantitative estimate of drug-likeness (QED) is 0.933. The topological polar surface area (TPSA) is 71.4 Å². The Morgan fingerprint density at radius 3 is 2.33 bits per heavy atom. The van der Waals surface area contributed by atoms with E-state index in [1.165, 1.54) is 12.1 Å². The minimum atomic E-state index is -3.69. The molecule has 0 fully saturated rings. The minimum Gasteiger partial charge on any atom is -0.478 e. The standard InChI is InChI=1S/C15H13ClO4S/c1-10(11-5-3-2-4-6-11)21(19,20)12-7-8-14(16)13(9-12)15(17)18/h2-10H,1H3,(H,17,18). The third-order valence-corrected chi connectivity index (χ3v) is 5.67. The number of carboxylic acids is 1. The molecule has 0 aliphatic heterocycles. The van der Waals surface area contributed by atoms with Crippen molar-refractivity contribution in [2.45, 2.75) is 17.1 Å². The van der Waals surface area contributed by atoms with Crippen LogP contribution < -0.4 is 0 Å². The highest BCUT2D eigenvalue weighted by molar-refractivity contribution is 7.91. The van der Waals surface area contributed by atoms with Crippen LogP contribution in [0.4, 0.5) is 0 Å². The molecule has 1 N–H and O–H groups in total. The number of benzene rings is 2. The maximum atomic E-state index is 12.6. The van der Waals surface area contributed by atoms with Gasteiger partial charge in [0, 0.05) is 0 Å². The molecule has 0 radical (unpaired) electrons. The van der Waals surface area contributed by atoms with Gasteiger partial charge < -0.3 is 5.11 Å². The van der Waals surface area contributed by atoms with Crippen LogP contribution in [0.1, 0.15) is 28.1 Å². The van der Waals surface area contributed by atoms with Gasteiger partial charge in [0.2, 0.25) is 0 Å². The summed E-state index contributed by atoms with van der Waals surface area (Å²) in [4.78, 5) is 11.0. The van der Waals surface area contributed by atoms with E-state index in [9.17, 15) is 13.2 Å². The fourth-order valence-electron chi connectivity index (χ4n) is 1.95. The van der Waals surface area contributed by atoms with Crippen LogP contribution in [0.2, 0.25) is 5.02 Å². The monoisotopic (exact) mass is 324 g/mol. The molecule has 1 atom stereocenters. The van der Waals surface area contributed by atoms with Crippen molar-refractivity contribution in [3.8, 4) is 0 Å². The summed E-state index contributed by atoms with van der Waals surface area (Å²) in [6.45, 7) is 1.57. The van der Waals surface area contributed by atoms with Crippen molar-refractivity contribution in [1.29, 1.82) is 0 Å². The Bertz CT molecular complexity index is 770. The van der Waals surface area contributed by atoms with Crippen LogP contribution in [-0.2, 0) is 9.84 Å². The molecule has 0 aliphatic carbocycles. The zero-order valence-corrected chi connectivity index (χ0v) is 12.7. The Balaban J connectivity index is 2.50. The number of aromatic carboxylic acids is 1. The SMILES string of the molecule is CC(c1ccccc1)S(=O)(=O)c1ccc(Cl)c(C(=O)O)c1. The second-order valence-corrected chi connectivity index (χ2v) is 7.22. The van der Waals surface area contributed by atoms with Crippen LogP contribution in [0.5, 0.6) is 0 Å². The molecule has 2 aromatic rings. The Labute approximate surface area is 127 Å². The van der Waals surface area contributed by atoms with E-state index in [4.69, 9.17) is 16.7 Å². The van der Waals surface area contributed by atoms with Crippen molar-refractivity contribution >= 4 is 27.4 Å². The highest BCUT2D eigenvalue weighted by atomic mass is 35.5. The fourth-order valence-corrected chi connectivity index (χ4v) is 3.61. The number of hydrogen-bond donors (Lipinski definition) is 1. The molecule has 0 bridgehead atoms. The Kier molecular flexibility index (Phi) is 4.34. The van der Waals surface area contributed by atoms with E-state index in [1.54, 1.807) is 37.3 Å². The average molecular weight is 325 g/mol. The van der Waals surface area contributed by atoms with E-state index in [0.717, 1.165) is 6.07 Å². The molecule has 0 aromatic heterocycles. The van der Waals surface area contributed by atoms with E-state index in [2.05, 4.69) is 0 Å². The number of hydrogen-bond acceptors (Lipinski definition) is 3. The lowest BCUT2D eigenvalue weighted by molar-refractivity contribution is 0.0697. The Morgan fingerprint density at radius 2 is 1.76 bits per heavy atom. The first-order valence-electron chi connectivity index (χ1n) is 6.15. The summed E-state index contributed by atoms with van der Waals surface area (Å²) < 4.78 is 25.2. The van der Waals surface area contributed by atoms with E-state index < -0.39 is 21.1 Å². The molecular weight excluding hydrogens is 312 g/mol. The summed E-state index contributed by atoms with van der Waals surface area (Å²) in [7, 11) is -3.69. The molecule has 2 aromatic carbocycles. The molecule has 0 amide bonds. The number of sulfone groups is 1. The molecule has 2 rings (SSSR count). The summed E-state index contributed by atoms with van der Waals surface area (Å²) in [6, 6.07) is 12.5. The predicted molar refractivity (Wildman–Crippen MR) is 80.5 cm³/mol. The largest absolute Gasteiger partial charge is 0.478 e. The summed E-state index contributed by atoms with van der Waals surface area (Å²) >= 11 is 5.76. The van der Waals surface area contributed by atoms with Gasteiger partial charge in [-0.2, -0.15) is 0 Å². The second-order valence-electron chi connectivity index (χ2n) is 4.54.